The van der Waals surface area contributed by atoms with Gasteiger partial charge in [0.25, 0.3) is 0 Å². The molecule has 4 saturated heterocycles. The molecule has 1 aromatic carbocycles. The molecule has 1 aromatic rings. The van der Waals surface area contributed by atoms with Crippen molar-refractivity contribution in [3.63, 3.8) is 0 Å². The Morgan fingerprint density at radius 1 is 0.923 bits per heavy atom. The Bertz CT molecular complexity index is 645. The van der Waals surface area contributed by atoms with E-state index in [9.17, 15) is 9.59 Å². The molecule has 0 aliphatic carbocycles. The van der Waals surface area contributed by atoms with Crippen molar-refractivity contribution in [2.75, 3.05) is 38.2 Å². The van der Waals surface area contributed by atoms with Crippen LogP contribution in [0.15, 0.2) is 30.3 Å². The summed E-state index contributed by atoms with van der Waals surface area (Å²) in [6.45, 7) is 4.28. The van der Waals surface area contributed by atoms with Crippen LogP contribution in [0, 0.1) is 5.92 Å². The van der Waals surface area contributed by atoms with E-state index in [0.29, 0.717) is 24.2 Å². The number of para-hydroxylation sites is 1. The van der Waals surface area contributed by atoms with E-state index in [-0.39, 0.29) is 6.04 Å². The molecule has 0 spiro atoms. The van der Waals surface area contributed by atoms with E-state index in [1.807, 2.05) is 23.1 Å². The predicted octanol–water partition coefficient (Wildman–Crippen LogP) is 1.73. The lowest BCUT2D eigenvalue weighted by Crippen LogP contribution is -2.51. The second-order valence-corrected chi connectivity index (χ2v) is 7.67. The molecule has 0 unspecified atom stereocenters. The smallest absolute Gasteiger partial charge is 0.313 e. The first kappa shape index (κ1) is 17.5. The number of benzene rings is 1. The van der Waals surface area contributed by atoms with Crippen molar-refractivity contribution in [2.45, 2.75) is 37.8 Å². The molecular weight excluding hydrogens is 330 g/mol. The molecule has 4 fully saturated rings. The Kier molecular flexibility index (Phi) is 5.22. The zero-order chi connectivity index (χ0) is 17.9. The summed E-state index contributed by atoms with van der Waals surface area (Å²) < 4.78 is 5.49. The molecule has 4 heterocycles. The normalized spacial score (nSPS) is 27.2. The fourth-order valence-electron chi connectivity index (χ4n) is 4.55. The number of amides is 2. The quantitative estimate of drug-likeness (QED) is 0.819. The lowest BCUT2D eigenvalue weighted by Gasteiger charge is -2.36. The highest BCUT2D eigenvalue weighted by atomic mass is 16.5. The molecule has 4 aliphatic rings. The van der Waals surface area contributed by atoms with Crippen LogP contribution in [0.5, 0.6) is 0 Å². The minimum absolute atomic E-state index is 0.144. The number of nitrogens with one attached hydrogen (secondary N) is 1. The van der Waals surface area contributed by atoms with Crippen molar-refractivity contribution in [1.29, 1.82) is 0 Å². The monoisotopic (exact) mass is 357 g/mol. The summed E-state index contributed by atoms with van der Waals surface area (Å²) in [5, 5.41) is 2.73. The van der Waals surface area contributed by atoms with Gasteiger partial charge in [0.15, 0.2) is 0 Å². The van der Waals surface area contributed by atoms with E-state index in [2.05, 4.69) is 10.2 Å². The molecule has 6 nitrogen and oxygen atoms in total. The van der Waals surface area contributed by atoms with Gasteiger partial charge < -0.3 is 15.0 Å². The SMILES string of the molecule is O=C(Nc1ccccc1)C(=O)N1C[C@H]2CC[C@@H]1CN(C1CCOCC1)C2. The third kappa shape index (κ3) is 3.76. The third-order valence-electron chi connectivity index (χ3n) is 5.94. The molecule has 26 heavy (non-hydrogen) atoms. The fourth-order valence-corrected chi connectivity index (χ4v) is 4.55. The van der Waals surface area contributed by atoms with Crippen molar-refractivity contribution in [2.24, 2.45) is 5.92 Å². The maximum absolute atomic E-state index is 12.8. The van der Waals surface area contributed by atoms with Crippen LogP contribution in [0.3, 0.4) is 0 Å². The summed E-state index contributed by atoms with van der Waals surface area (Å²) in [6, 6.07) is 9.88. The van der Waals surface area contributed by atoms with Crippen molar-refractivity contribution >= 4 is 17.5 Å². The largest absolute Gasteiger partial charge is 0.381 e. The molecule has 6 heteroatoms. The maximum Gasteiger partial charge on any atom is 0.313 e. The molecule has 2 bridgehead atoms. The number of hydrogen-bond donors (Lipinski definition) is 1. The Morgan fingerprint density at radius 2 is 1.69 bits per heavy atom. The van der Waals surface area contributed by atoms with E-state index < -0.39 is 11.8 Å². The first-order chi connectivity index (χ1) is 12.7. The van der Waals surface area contributed by atoms with Gasteiger partial charge in [-0.1, -0.05) is 18.2 Å². The molecule has 0 saturated carbocycles. The number of anilines is 1. The highest BCUT2D eigenvalue weighted by molar-refractivity contribution is 6.39. The highest BCUT2D eigenvalue weighted by Gasteiger charge is 2.40. The molecule has 2 atom stereocenters. The van der Waals surface area contributed by atoms with Crippen molar-refractivity contribution in [3.05, 3.63) is 30.3 Å². The Hall–Kier alpha value is -1.92. The Labute approximate surface area is 154 Å². The topological polar surface area (TPSA) is 61.9 Å². The summed E-state index contributed by atoms with van der Waals surface area (Å²) in [7, 11) is 0. The van der Waals surface area contributed by atoms with Gasteiger partial charge in [-0.2, -0.15) is 0 Å². The van der Waals surface area contributed by atoms with Gasteiger partial charge in [0, 0.05) is 50.6 Å². The van der Waals surface area contributed by atoms with Crippen LogP contribution in [-0.2, 0) is 14.3 Å². The molecule has 0 radical (unpaired) electrons. The Morgan fingerprint density at radius 3 is 2.46 bits per heavy atom. The number of nitrogens with zero attached hydrogens (tertiary/aromatic N) is 2. The Balaban J connectivity index is 1.42. The summed E-state index contributed by atoms with van der Waals surface area (Å²) >= 11 is 0. The average molecular weight is 357 g/mol. The minimum atomic E-state index is -0.527. The number of carbonyl (C=O) groups is 2. The number of fused-ring (bicyclic) bond motifs is 4. The molecule has 1 N–H and O–H groups in total. The van der Waals surface area contributed by atoms with Crippen molar-refractivity contribution in [3.8, 4) is 0 Å². The summed E-state index contributed by atoms with van der Waals surface area (Å²) in [5.41, 5.74) is 0.662. The molecule has 4 aliphatic heterocycles. The van der Waals surface area contributed by atoms with Crippen LogP contribution in [0.1, 0.15) is 25.7 Å². The van der Waals surface area contributed by atoms with E-state index in [0.717, 1.165) is 52.0 Å². The zero-order valence-corrected chi connectivity index (χ0v) is 15.1. The van der Waals surface area contributed by atoms with Crippen LogP contribution >= 0.6 is 0 Å². The summed E-state index contributed by atoms with van der Waals surface area (Å²) in [4.78, 5) is 29.6. The van der Waals surface area contributed by atoms with Crippen molar-refractivity contribution < 1.29 is 14.3 Å². The fraction of sp³-hybridized carbons (Fsp3) is 0.600. The van der Waals surface area contributed by atoms with Crippen LogP contribution in [-0.4, -0.2) is 66.5 Å². The molecule has 140 valence electrons. The van der Waals surface area contributed by atoms with E-state index >= 15 is 0 Å². The van der Waals surface area contributed by atoms with Crippen LogP contribution in [0.2, 0.25) is 0 Å². The van der Waals surface area contributed by atoms with E-state index in [1.54, 1.807) is 12.1 Å². The van der Waals surface area contributed by atoms with Crippen LogP contribution in [0.25, 0.3) is 0 Å². The standard InChI is InChI=1S/C20H27N3O3/c24-19(21-16-4-2-1-3-5-16)20(25)23-13-15-6-7-18(23)14-22(12-15)17-8-10-26-11-9-17/h1-5,15,17-18H,6-14H2,(H,21,24)/t15-,18+/m0/s1. The van der Waals surface area contributed by atoms with Gasteiger partial charge in [-0.25, -0.2) is 0 Å². The van der Waals surface area contributed by atoms with Gasteiger partial charge in [0.2, 0.25) is 0 Å². The lowest BCUT2D eigenvalue weighted by atomic mass is 9.95. The van der Waals surface area contributed by atoms with Gasteiger partial charge in [0.05, 0.1) is 0 Å². The number of rotatable bonds is 2. The first-order valence-corrected chi connectivity index (χ1v) is 9.69. The van der Waals surface area contributed by atoms with Gasteiger partial charge in [0.1, 0.15) is 0 Å². The number of hydrogen-bond acceptors (Lipinski definition) is 4. The second-order valence-electron chi connectivity index (χ2n) is 7.67. The second kappa shape index (κ2) is 7.76. The maximum atomic E-state index is 12.8. The average Bonchev–Trinajstić information content (AvgIpc) is 3.01. The minimum Gasteiger partial charge on any atom is -0.381 e. The predicted molar refractivity (Wildman–Crippen MR) is 98.7 cm³/mol. The van der Waals surface area contributed by atoms with Crippen LogP contribution < -0.4 is 5.32 Å². The number of piperidine rings is 1. The molecular formula is C20H27N3O3. The molecule has 0 aromatic heterocycles. The molecule has 5 rings (SSSR count). The van der Waals surface area contributed by atoms with Gasteiger partial charge in [-0.15, -0.1) is 0 Å². The van der Waals surface area contributed by atoms with E-state index in [4.69, 9.17) is 4.74 Å². The highest BCUT2D eigenvalue weighted by Crippen LogP contribution is 2.31. The summed E-state index contributed by atoms with van der Waals surface area (Å²) in [5.74, 6) is -0.455. The van der Waals surface area contributed by atoms with E-state index in [1.165, 1.54) is 0 Å². The van der Waals surface area contributed by atoms with Gasteiger partial charge in [-0.05, 0) is 43.7 Å². The number of carbonyl (C=O) groups excluding carboxylic acids is 2. The zero-order valence-electron chi connectivity index (χ0n) is 15.1. The lowest BCUT2D eigenvalue weighted by molar-refractivity contribution is -0.146. The van der Waals surface area contributed by atoms with Gasteiger partial charge >= 0.3 is 11.8 Å². The third-order valence-corrected chi connectivity index (χ3v) is 5.94. The van der Waals surface area contributed by atoms with Crippen LogP contribution in [0.4, 0.5) is 5.69 Å². The first-order valence-electron chi connectivity index (χ1n) is 9.69. The van der Waals surface area contributed by atoms with Gasteiger partial charge in [-0.3, -0.25) is 14.5 Å². The number of ether oxygens (including phenoxy) is 1. The van der Waals surface area contributed by atoms with Crippen molar-refractivity contribution in [1.82, 2.24) is 9.80 Å². The molecule has 2 amide bonds. The summed E-state index contributed by atoms with van der Waals surface area (Å²) in [6.07, 6.45) is 4.28.